The summed E-state index contributed by atoms with van der Waals surface area (Å²) < 4.78 is 31.4. The summed E-state index contributed by atoms with van der Waals surface area (Å²) in [6.07, 6.45) is 0.569. The molecule has 0 bridgehead atoms. The van der Waals surface area contributed by atoms with Crippen molar-refractivity contribution in [2.24, 2.45) is 11.1 Å². The van der Waals surface area contributed by atoms with E-state index in [0.717, 1.165) is 18.6 Å². The van der Waals surface area contributed by atoms with E-state index in [2.05, 4.69) is 0 Å². The smallest absolute Gasteiger partial charge is 0.159 e. The van der Waals surface area contributed by atoms with Gasteiger partial charge in [0.25, 0.3) is 0 Å². The van der Waals surface area contributed by atoms with Crippen LogP contribution in [0.4, 0.5) is 8.78 Å². The summed E-state index contributed by atoms with van der Waals surface area (Å²) >= 11 is 0. The van der Waals surface area contributed by atoms with Crippen molar-refractivity contribution in [1.29, 1.82) is 0 Å². The molecule has 2 rings (SSSR count). The summed E-state index contributed by atoms with van der Waals surface area (Å²) in [6, 6.07) is 3.42. The summed E-state index contributed by atoms with van der Waals surface area (Å²) in [5.74, 6) is -1.89. The minimum atomic E-state index is -0.963. The Hall–Kier alpha value is -1.04. The molecule has 1 aliphatic rings. The van der Waals surface area contributed by atoms with Crippen molar-refractivity contribution < 1.29 is 18.6 Å². The Kier molecular flexibility index (Phi) is 3.94. The molecule has 2 atom stereocenters. The van der Waals surface area contributed by atoms with E-state index in [-0.39, 0.29) is 6.54 Å². The first-order valence-corrected chi connectivity index (χ1v) is 6.00. The van der Waals surface area contributed by atoms with Crippen LogP contribution in [0.2, 0.25) is 0 Å². The van der Waals surface area contributed by atoms with Crippen LogP contribution in [0.25, 0.3) is 0 Å². The molecule has 0 spiro atoms. The van der Waals surface area contributed by atoms with Crippen molar-refractivity contribution in [3.8, 4) is 0 Å². The lowest BCUT2D eigenvalue weighted by molar-refractivity contribution is -0.0783. The van der Waals surface area contributed by atoms with Gasteiger partial charge in [0.15, 0.2) is 11.6 Å². The third-order valence-electron chi connectivity index (χ3n) is 3.60. The summed E-state index contributed by atoms with van der Waals surface area (Å²) in [7, 11) is 0. The molecule has 0 saturated carbocycles. The quantitative estimate of drug-likeness (QED) is 0.867. The molecule has 1 aromatic carbocycles. The number of hydrogen-bond acceptors (Lipinski definition) is 3. The van der Waals surface area contributed by atoms with E-state index >= 15 is 0 Å². The van der Waals surface area contributed by atoms with E-state index < -0.39 is 23.2 Å². The van der Waals surface area contributed by atoms with Gasteiger partial charge in [-0.05, 0) is 30.5 Å². The molecule has 0 radical (unpaired) electrons. The zero-order chi connectivity index (χ0) is 13.2. The summed E-state index contributed by atoms with van der Waals surface area (Å²) in [5, 5.41) is 10.4. The predicted molar refractivity (Wildman–Crippen MR) is 62.9 cm³/mol. The van der Waals surface area contributed by atoms with Crippen molar-refractivity contribution >= 4 is 0 Å². The molecule has 3 nitrogen and oxygen atoms in total. The van der Waals surface area contributed by atoms with Gasteiger partial charge in [-0.2, -0.15) is 0 Å². The lowest BCUT2D eigenvalue weighted by Gasteiger charge is -2.40. The average Bonchev–Trinajstić information content (AvgIpc) is 2.42. The van der Waals surface area contributed by atoms with Crippen molar-refractivity contribution in [3.05, 3.63) is 35.4 Å². The molecule has 1 aromatic rings. The van der Waals surface area contributed by atoms with Gasteiger partial charge in [0.2, 0.25) is 0 Å². The molecular weight excluding hydrogens is 240 g/mol. The molecule has 100 valence electrons. The highest BCUT2D eigenvalue weighted by atomic mass is 19.2. The SMILES string of the molecule is NCC1(C(O)c2ccc(F)c(F)c2)CCCOC1. The number of hydrogen-bond donors (Lipinski definition) is 2. The number of halogens is 2. The van der Waals surface area contributed by atoms with E-state index in [1.54, 1.807) is 0 Å². The number of aliphatic hydroxyl groups excluding tert-OH is 1. The average molecular weight is 257 g/mol. The molecule has 0 aromatic heterocycles. The molecule has 1 saturated heterocycles. The molecular formula is C13H17F2NO2. The number of rotatable bonds is 3. The molecule has 5 heteroatoms. The van der Waals surface area contributed by atoms with Gasteiger partial charge in [0.1, 0.15) is 0 Å². The highest BCUT2D eigenvalue weighted by molar-refractivity contribution is 5.22. The van der Waals surface area contributed by atoms with Crippen molar-refractivity contribution in [2.75, 3.05) is 19.8 Å². The van der Waals surface area contributed by atoms with Crippen molar-refractivity contribution in [2.45, 2.75) is 18.9 Å². The van der Waals surface area contributed by atoms with E-state index in [9.17, 15) is 13.9 Å². The summed E-state index contributed by atoms with van der Waals surface area (Å²) in [6.45, 7) is 1.23. The fourth-order valence-corrected chi connectivity index (χ4v) is 2.40. The van der Waals surface area contributed by atoms with Gasteiger partial charge in [0.05, 0.1) is 12.7 Å². The Morgan fingerprint density at radius 1 is 1.39 bits per heavy atom. The van der Waals surface area contributed by atoms with Crippen molar-refractivity contribution in [3.63, 3.8) is 0 Å². The van der Waals surface area contributed by atoms with Gasteiger partial charge in [-0.25, -0.2) is 8.78 Å². The number of benzene rings is 1. The van der Waals surface area contributed by atoms with Crippen LogP contribution in [0.3, 0.4) is 0 Å². The maximum atomic E-state index is 13.2. The molecule has 0 aliphatic carbocycles. The number of ether oxygens (including phenoxy) is 1. The second kappa shape index (κ2) is 5.30. The molecule has 0 amide bonds. The zero-order valence-corrected chi connectivity index (χ0v) is 10.0. The van der Waals surface area contributed by atoms with Gasteiger partial charge >= 0.3 is 0 Å². The fourth-order valence-electron chi connectivity index (χ4n) is 2.40. The third kappa shape index (κ3) is 2.39. The monoisotopic (exact) mass is 257 g/mol. The minimum Gasteiger partial charge on any atom is -0.388 e. The van der Waals surface area contributed by atoms with Crippen LogP contribution in [-0.2, 0) is 4.74 Å². The Bertz CT molecular complexity index is 419. The predicted octanol–water partition coefficient (Wildman–Crippen LogP) is 1.75. The fraction of sp³-hybridized carbons (Fsp3) is 0.538. The standard InChI is InChI=1S/C13H17F2NO2/c14-10-3-2-9(6-11(10)15)12(17)13(7-16)4-1-5-18-8-13/h2-3,6,12,17H,1,4-5,7-8,16H2. The minimum absolute atomic E-state index is 0.243. The van der Waals surface area contributed by atoms with Gasteiger partial charge in [0, 0.05) is 18.6 Å². The van der Waals surface area contributed by atoms with E-state index in [0.29, 0.717) is 25.2 Å². The molecule has 1 fully saturated rings. The maximum Gasteiger partial charge on any atom is 0.159 e. The molecule has 3 N–H and O–H groups in total. The third-order valence-corrected chi connectivity index (χ3v) is 3.60. The van der Waals surface area contributed by atoms with Crippen LogP contribution in [0.5, 0.6) is 0 Å². The van der Waals surface area contributed by atoms with E-state index in [1.165, 1.54) is 6.07 Å². The number of nitrogens with two attached hydrogens (primary N) is 1. The highest BCUT2D eigenvalue weighted by Crippen LogP contribution is 2.40. The molecule has 2 unspecified atom stereocenters. The molecule has 1 heterocycles. The van der Waals surface area contributed by atoms with E-state index in [4.69, 9.17) is 10.5 Å². The maximum absolute atomic E-state index is 13.2. The second-order valence-electron chi connectivity index (χ2n) is 4.80. The topological polar surface area (TPSA) is 55.5 Å². The Labute approximate surface area is 105 Å². The zero-order valence-electron chi connectivity index (χ0n) is 10.0. The lowest BCUT2D eigenvalue weighted by atomic mass is 9.75. The van der Waals surface area contributed by atoms with Gasteiger partial charge in [-0.3, -0.25) is 0 Å². The Morgan fingerprint density at radius 2 is 2.17 bits per heavy atom. The molecule has 1 aliphatic heterocycles. The second-order valence-corrected chi connectivity index (χ2v) is 4.80. The Morgan fingerprint density at radius 3 is 2.72 bits per heavy atom. The summed E-state index contributed by atoms with van der Waals surface area (Å²) in [4.78, 5) is 0. The van der Waals surface area contributed by atoms with Crippen LogP contribution < -0.4 is 5.73 Å². The van der Waals surface area contributed by atoms with Crippen LogP contribution >= 0.6 is 0 Å². The van der Waals surface area contributed by atoms with Crippen LogP contribution in [0.1, 0.15) is 24.5 Å². The first kappa shape index (κ1) is 13.4. The van der Waals surface area contributed by atoms with Crippen LogP contribution in [0, 0.1) is 17.0 Å². The van der Waals surface area contributed by atoms with Gasteiger partial charge < -0.3 is 15.6 Å². The number of aliphatic hydroxyl groups is 1. The largest absolute Gasteiger partial charge is 0.388 e. The van der Waals surface area contributed by atoms with Crippen LogP contribution in [0.15, 0.2) is 18.2 Å². The molecule has 18 heavy (non-hydrogen) atoms. The first-order chi connectivity index (χ1) is 8.59. The lowest BCUT2D eigenvalue weighted by Crippen LogP contribution is -2.43. The van der Waals surface area contributed by atoms with Gasteiger partial charge in [-0.1, -0.05) is 6.07 Å². The van der Waals surface area contributed by atoms with Crippen LogP contribution in [-0.4, -0.2) is 24.9 Å². The Balaban J connectivity index is 2.27. The van der Waals surface area contributed by atoms with Crippen molar-refractivity contribution in [1.82, 2.24) is 0 Å². The normalized spacial score (nSPS) is 26.0. The first-order valence-electron chi connectivity index (χ1n) is 6.00. The summed E-state index contributed by atoms with van der Waals surface area (Å²) in [5.41, 5.74) is 5.47. The van der Waals surface area contributed by atoms with Gasteiger partial charge in [-0.15, -0.1) is 0 Å². The van der Waals surface area contributed by atoms with E-state index in [1.807, 2.05) is 0 Å². The highest BCUT2D eigenvalue weighted by Gasteiger charge is 2.39.